The second-order valence-corrected chi connectivity index (χ2v) is 3.79. The minimum Gasteiger partial charge on any atom is -0.232 e. The van der Waals surface area contributed by atoms with Crippen molar-refractivity contribution in [1.82, 2.24) is 0 Å². The minimum atomic E-state index is -4.60. The molecule has 88 valence electrons. The molecule has 0 aliphatic carbocycles. The van der Waals surface area contributed by atoms with Gasteiger partial charge in [0.05, 0.1) is 5.69 Å². The zero-order valence-electron chi connectivity index (χ0n) is 8.50. The molecule has 0 spiro atoms. The zero-order valence-corrected chi connectivity index (χ0v) is 9.26. The molecule has 0 bridgehead atoms. The number of hydrogen-bond donors (Lipinski definition) is 0. The molecule has 0 atom stereocenters. The van der Waals surface area contributed by atoms with Gasteiger partial charge in [-0.25, -0.2) is 4.99 Å². The Morgan fingerprint density at radius 2 is 1.65 bits per heavy atom. The van der Waals surface area contributed by atoms with Crippen LogP contribution in [0.1, 0.15) is 0 Å². The molecule has 0 heterocycles. The lowest BCUT2D eigenvalue weighted by Crippen LogP contribution is -2.16. The second-order valence-electron chi connectivity index (χ2n) is 3.43. The smallest absolute Gasteiger partial charge is 0.232 e. The molecular formula is C12H7ClF3N. The van der Waals surface area contributed by atoms with Crippen LogP contribution >= 0.6 is 11.6 Å². The van der Waals surface area contributed by atoms with Gasteiger partial charge < -0.3 is 0 Å². The molecule has 0 N–H and O–H groups in total. The van der Waals surface area contributed by atoms with Crippen molar-refractivity contribution >= 4 is 33.2 Å². The minimum absolute atomic E-state index is 0.186. The highest BCUT2D eigenvalue weighted by atomic mass is 35.5. The Hall–Kier alpha value is -1.55. The lowest BCUT2D eigenvalue weighted by atomic mass is 10.1. The van der Waals surface area contributed by atoms with Gasteiger partial charge in [-0.15, -0.1) is 0 Å². The Balaban J connectivity index is 2.44. The van der Waals surface area contributed by atoms with Gasteiger partial charge in [-0.3, -0.25) is 0 Å². The summed E-state index contributed by atoms with van der Waals surface area (Å²) >= 11 is 5.07. The molecular weight excluding hydrogens is 251 g/mol. The number of aliphatic imine (C=N–C) groups is 1. The first-order valence-corrected chi connectivity index (χ1v) is 5.15. The van der Waals surface area contributed by atoms with Gasteiger partial charge in [0.15, 0.2) is 0 Å². The predicted molar refractivity (Wildman–Crippen MR) is 63.0 cm³/mol. The van der Waals surface area contributed by atoms with Crippen molar-refractivity contribution in [3.63, 3.8) is 0 Å². The van der Waals surface area contributed by atoms with Crippen molar-refractivity contribution in [1.29, 1.82) is 0 Å². The lowest BCUT2D eigenvalue weighted by molar-refractivity contribution is -0.0558. The standard InChI is InChI=1S/C12H7ClF3N/c13-11(12(14,15)16)17-10-6-5-8-3-1-2-4-9(8)7-10/h1-7H. The van der Waals surface area contributed by atoms with E-state index in [0.717, 1.165) is 10.8 Å². The van der Waals surface area contributed by atoms with Crippen LogP contribution in [-0.2, 0) is 0 Å². The van der Waals surface area contributed by atoms with Crippen molar-refractivity contribution in [2.45, 2.75) is 6.18 Å². The average Bonchev–Trinajstić information content (AvgIpc) is 2.27. The van der Waals surface area contributed by atoms with Crippen molar-refractivity contribution in [2.24, 2.45) is 4.99 Å². The third-order valence-corrected chi connectivity index (χ3v) is 2.49. The summed E-state index contributed by atoms with van der Waals surface area (Å²) < 4.78 is 36.6. The molecule has 0 aliphatic rings. The van der Waals surface area contributed by atoms with Crippen LogP contribution in [0, 0.1) is 0 Å². The summed E-state index contributed by atoms with van der Waals surface area (Å²) in [4.78, 5) is 3.34. The fourth-order valence-electron chi connectivity index (χ4n) is 1.42. The molecule has 0 aromatic heterocycles. The Morgan fingerprint density at radius 3 is 2.29 bits per heavy atom. The molecule has 17 heavy (non-hydrogen) atoms. The molecule has 0 saturated carbocycles. The maximum atomic E-state index is 12.2. The van der Waals surface area contributed by atoms with E-state index in [9.17, 15) is 13.2 Å². The molecule has 2 rings (SSSR count). The highest BCUT2D eigenvalue weighted by Gasteiger charge is 2.34. The van der Waals surface area contributed by atoms with Gasteiger partial charge in [-0.1, -0.05) is 41.9 Å². The summed E-state index contributed by atoms with van der Waals surface area (Å²) in [5.74, 6) is 0. The van der Waals surface area contributed by atoms with Crippen LogP contribution in [-0.4, -0.2) is 11.3 Å². The number of fused-ring (bicyclic) bond motifs is 1. The van der Waals surface area contributed by atoms with E-state index in [1.165, 1.54) is 6.07 Å². The van der Waals surface area contributed by atoms with Crippen LogP contribution in [0.5, 0.6) is 0 Å². The number of hydrogen-bond acceptors (Lipinski definition) is 1. The van der Waals surface area contributed by atoms with E-state index in [1.54, 1.807) is 24.3 Å². The monoisotopic (exact) mass is 257 g/mol. The number of nitrogens with zero attached hydrogens (tertiary/aromatic N) is 1. The van der Waals surface area contributed by atoms with E-state index in [-0.39, 0.29) is 5.69 Å². The molecule has 2 aromatic rings. The fraction of sp³-hybridized carbons (Fsp3) is 0.0833. The van der Waals surface area contributed by atoms with Crippen LogP contribution in [0.3, 0.4) is 0 Å². The van der Waals surface area contributed by atoms with Crippen LogP contribution in [0.2, 0.25) is 0 Å². The van der Waals surface area contributed by atoms with Gasteiger partial charge in [0.2, 0.25) is 5.17 Å². The number of alkyl halides is 3. The Morgan fingerprint density at radius 1 is 1.00 bits per heavy atom. The maximum Gasteiger partial charge on any atom is 0.444 e. The first-order valence-electron chi connectivity index (χ1n) is 4.77. The average molecular weight is 258 g/mol. The molecule has 0 aliphatic heterocycles. The normalized spacial score (nSPS) is 13.1. The molecule has 0 radical (unpaired) electrons. The van der Waals surface area contributed by atoms with Crippen molar-refractivity contribution in [3.8, 4) is 0 Å². The van der Waals surface area contributed by atoms with E-state index >= 15 is 0 Å². The summed E-state index contributed by atoms with van der Waals surface area (Å²) in [5, 5.41) is 0.391. The van der Waals surface area contributed by atoms with Crippen molar-refractivity contribution in [3.05, 3.63) is 42.5 Å². The lowest BCUT2D eigenvalue weighted by Gasteiger charge is -2.04. The third-order valence-electron chi connectivity index (χ3n) is 2.19. The molecule has 2 aromatic carbocycles. The first-order chi connectivity index (χ1) is 7.97. The summed E-state index contributed by atoms with van der Waals surface area (Å²) in [6.07, 6.45) is -4.60. The zero-order chi connectivity index (χ0) is 12.5. The number of benzene rings is 2. The molecule has 0 saturated heterocycles. The molecule has 0 unspecified atom stereocenters. The molecule has 5 heteroatoms. The number of rotatable bonds is 1. The summed E-state index contributed by atoms with van der Waals surface area (Å²) in [6.45, 7) is 0. The maximum absolute atomic E-state index is 12.2. The molecule has 0 fully saturated rings. The highest BCUT2D eigenvalue weighted by molar-refractivity contribution is 6.67. The van der Waals surface area contributed by atoms with Gasteiger partial charge in [-0.2, -0.15) is 13.2 Å². The van der Waals surface area contributed by atoms with Crippen LogP contribution in [0.15, 0.2) is 47.5 Å². The summed E-state index contributed by atoms with van der Waals surface area (Å²) in [5.41, 5.74) is 0.186. The van der Waals surface area contributed by atoms with E-state index in [4.69, 9.17) is 11.6 Å². The van der Waals surface area contributed by atoms with Gasteiger partial charge >= 0.3 is 6.18 Å². The van der Waals surface area contributed by atoms with E-state index in [1.807, 2.05) is 12.1 Å². The Labute approximate surface area is 101 Å². The van der Waals surface area contributed by atoms with Crippen molar-refractivity contribution < 1.29 is 13.2 Å². The third kappa shape index (κ3) is 2.77. The number of halogens is 4. The fourth-order valence-corrected chi connectivity index (χ4v) is 1.52. The summed E-state index contributed by atoms with van der Waals surface area (Å²) in [7, 11) is 0. The van der Waals surface area contributed by atoms with Gasteiger partial charge in [0.1, 0.15) is 0 Å². The van der Waals surface area contributed by atoms with Crippen molar-refractivity contribution in [2.75, 3.05) is 0 Å². The predicted octanol–water partition coefficient (Wildman–Crippen LogP) is 4.67. The van der Waals surface area contributed by atoms with E-state index in [2.05, 4.69) is 4.99 Å². The largest absolute Gasteiger partial charge is 0.444 e. The molecule has 0 amide bonds. The van der Waals surface area contributed by atoms with E-state index in [0.29, 0.717) is 0 Å². The van der Waals surface area contributed by atoms with E-state index < -0.39 is 11.3 Å². The van der Waals surface area contributed by atoms with Gasteiger partial charge in [0.25, 0.3) is 0 Å². The quantitative estimate of drug-likeness (QED) is 0.658. The SMILES string of the molecule is FC(F)(F)C(Cl)=Nc1ccc2ccccc2c1. The van der Waals surface area contributed by atoms with Crippen LogP contribution in [0.25, 0.3) is 10.8 Å². The van der Waals surface area contributed by atoms with Gasteiger partial charge in [0, 0.05) is 0 Å². The molecule has 1 nitrogen and oxygen atoms in total. The van der Waals surface area contributed by atoms with Gasteiger partial charge in [-0.05, 0) is 22.9 Å². The topological polar surface area (TPSA) is 12.4 Å². The summed E-state index contributed by atoms with van der Waals surface area (Å²) in [6, 6.07) is 12.1. The second kappa shape index (κ2) is 4.37. The Bertz CT molecular complexity index is 575. The van der Waals surface area contributed by atoms with Crippen LogP contribution < -0.4 is 0 Å². The van der Waals surface area contributed by atoms with Crippen LogP contribution in [0.4, 0.5) is 18.9 Å². The Kier molecular flexibility index (Phi) is 3.07. The first kappa shape index (κ1) is 11.9. The highest BCUT2D eigenvalue weighted by Crippen LogP contribution is 2.26.